The van der Waals surface area contributed by atoms with E-state index in [-0.39, 0.29) is 0 Å². The van der Waals surface area contributed by atoms with Crippen molar-refractivity contribution in [2.45, 2.75) is 0 Å². The van der Waals surface area contributed by atoms with Gasteiger partial charge in [0.15, 0.2) is 0 Å². The molecule has 160 valence electrons. The van der Waals surface area contributed by atoms with Crippen molar-refractivity contribution < 1.29 is 19.1 Å². The summed E-state index contributed by atoms with van der Waals surface area (Å²) >= 11 is 0. The summed E-state index contributed by atoms with van der Waals surface area (Å²) in [4.78, 5) is 28.6. The van der Waals surface area contributed by atoms with E-state index in [2.05, 4.69) is 32.6 Å². The van der Waals surface area contributed by atoms with Crippen LogP contribution in [0.2, 0.25) is 0 Å². The summed E-state index contributed by atoms with van der Waals surface area (Å²) in [6, 6.07) is 14.9. The van der Waals surface area contributed by atoms with E-state index < -0.39 is 11.8 Å². The second kappa shape index (κ2) is 10.5. The molecule has 0 unspecified atom stereocenters. The Kier molecular flexibility index (Phi) is 7.51. The van der Waals surface area contributed by atoms with Crippen LogP contribution < -0.4 is 25.0 Å². The lowest BCUT2D eigenvalue weighted by molar-refractivity contribution is -0.136. The van der Waals surface area contributed by atoms with Crippen LogP contribution in [0.3, 0.4) is 0 Å². The van der Waals surface area contributed by atoms with Crippen LogP contribution in [0.5, 0.6) is 11.5 Å². The van der Waals surface area contributed by atoms with Gasteiger partial charge < -0.3 is 25.0 Å². The molecule has 2 amide bonds. The third-order valence-corrected chi connectivity index (χ3v) is 5.08. The maximum absolute atomic E-state index is 12.0. The zero-order valence-corrected chi connectivity index (χ0v) is 17.4. The molecule has 0 spiro atoms. The Morgan fingerprint density at radius 3 is 1.97 bits per heavy atom. The molecule has 0 aromatic heterocycles. The number of methoxy groups -OCH3 is 2. The van der Waals surface area contributed by atoms with Crippen LogP contribution in [0.15, 0.2) is 48.5 Å². The van der Waals surface area contributed by atoms with Crippen LogP contribution in [-0.2, 0) is 9.59 Å². The molecule has 2 aromatic carbocycles. The van der Waals surface area contributed by atoms with Gasteiger partial charge in [0, 0.05) is 50.6 Å². The topological polar surface area (TPSA) is 83.1 Å². The van der Waals surface area contributed by atoms with E-state index in [0.29, 0.717) is 24.5 Å². The fraction of sp³-hybridized carbons (Fsp3) is 0.364. The Morgan fingerprint density at radius 1 is 0.833 bits per heavy atom. The molecule has 0 saturated carbocycles. The van der Waals surface area contributed by atoms with Gasteiger partial charge >= 0.3 is 11.8 Å². The number of rotatable bonds is 7. The van der Waals surface area contributed by atoms with E-state index in [1.807, 2.05) is 12.1 Å². The van der Waals surface area contributed by atoms with Crippen LogP contribution in [0.4, 0.5) is 11.4 Å². The number of nitrogens with zero attached hydrogens (tertiary/aromatic N) is 2. The van der Waals surface area contributed by atoms with Gasteiger partial charge in [0.1, 0.15) is 11.5 Å². The lowest BCUT2D eigenvalue weighted by atomic mass is 10.2. The first kappa shape index (κ1) is 21.4. The molecule has 0 atom stereocenters. The number of hydrogen-bond donors (Lipinski definition) is 2. The summed E-state index contributed by atoms with van der Waals surface area (Å²) in [5.41, 5.74) is 1.73. The standard InChI is InChI=1S/C22H28N4O4/c1-29-19-7-3-17(4-8-19)24-22(28)21(27)23-11-12-25-13-15-26(16-14-25)18-5-9-20(30-2)10-6-18/h3-10H,11-16H2,1-2H3,(H,23,27)(H,24,28). The van der Waals surface area contributed by atoms with Gasteiger partial charge in [-0.05, 0) is 48.5 Å². The molecule has 1 saturated heterocycles. The molecule has 30 heavy (non-hydrogen) atoms. The van der Waals surface area contributed by atoms with Crippen molar-refractivity contribution in [3.8, 4) is 11.5 Å². The number of benzene rings is 2. The quantitative estimate of drug-likeness (QED) is 0.672. The van der Waals surface area contributed by atoms with Crippen molar-refractivity contribution in [2.24, 2.45) is 0 Å². The summed E-state index contributed by atoms with van der Waals surface area (Å²) in [6.07, 6.45) is 0. The summed E-state index contributed by atoms with van der Waals surface area (Å²) in [5.74, 6) is 0.223. The number of piperazine rings is 1. The molecule has 1 fully saturated rings. The first-order chi connectivity index (χ1) is 14.6. The van der Waals surface area contributed by atoms with Gasteiger partial charge in [-0.3, -0.25) is 14.5 Å². The SMILES string of the molecule is COc1ccc(NC(=O)C(=O)NCCN2CCN(c3ccc(OC)cc3)CC2)cc1. The Morgan fingerprint density at radius 2 is 1.40 bits per heavy atom. The monoisotopic (exact) mass is 412 g/mol. The van der Waals surface area contributed by atoms with E-state index in [9.17, 15) is 9.59 Å². The van der Waals surface area contributed by atoms with Crippen LogP contribution in [0.1, 0.15) is 0 Å². The van der Waals surface area contributed by atoms with E-state index in [1.54, 1.807) is 38.5 Å². The van der Waals surface area contributed by atoms with E-state index in [1.165, 1.54) is 5.69 Å². The summed E-state index contributed by atoms with van der Waals surface area (Å²) in [5, 5.41) is 5.26. The molecule has 0 radical (unpaired) electrons. The highest BCUT2D eigenvalue weighted by Crippen LogP contribution is 2.20. The van der Waals surface area contributed by atoms with E-state index in [4.69, 9.17) is 9.47 Å². The number of ether oxygens (including phenoxy) is 2. The molecule has 3 rings (SSSR count). The zero-order chi connectivity index (χ0) is 21.3. The third kappa shape index (κ3) is 5.87. The molecule has 1 aliphatic rings. The van der Waals surface area contributed by atoms with Gasteiger partial charge in [0.25, 0.3) is 0 Å². The predicted molar refractivity (Wildman–Crippen MR) is 116 cm³/mol. The molecule has 1 heterocycles. The number of carbonyl (C=O) groups excluding carboxylic acids is 2. The zero-order valence-electron chi connectivity index (χ0n) is 17.4. The molecule has 8 heteroatoms. The summed E-state index contributed by atoms with van der Waals surface area (Å²) < 4.78 is 10.3. The maximum atomic E-state index is 12.0. The Labute approximate surface area is 176 Å². The maximum Gasteiger partial charge on any atom is 0.313 e. The predicted octanol–water partition coefficient (Wildman–Crippen LogP) is 1.58. The van der Waals surface area contributed by atoms with Gasteiger partial charge in [-0.1, -0.05) is 0 Å². The van der Waals surface area contributed by atoms with Crippen molar-refractivity contribution in [1.82, 2.24) is 10.2 Å². The van der Waals surface area contributed by atoms with Gasteiger partial charge in [-0.2, -0.15) is 0 Å². The number of anilines is 2. The number of amides is 2. The van der Waals surface area contributed by atoms with Crippen LogP contribution >= 0.6 is 0 Å². The highest BCUT2D eigenvalue weighted by molar-refractivity contribution is 6.39. The lowest BCUT2D eigenvalue weighted by Gasteiger charge is -2.36. The van der Waals surface area contributed by atoms with E-state index >= 15 is 0 Å². The molecule has 0 aliphatic carbocycles. The Bertz CT molecular complexity index is 831. The Balaban J connectivity index is 1.35. The number of carbonyl (C=O) groups is 2. The van der Waals surface area contributed by atoms with Gasteiger partial charge in [0.2, 0.25) is 0 Å². The van der Waals surface area contributed by atoms with Gasteiger partial charge in [-0.25, -0.2) is 0 Å². The first-order valence-corrected chi connectivity index (χ1v) is 9.93. The molecule has 0 bridgehead atoms. The van der Waals surface area contributed by atoms with E-state index in [0.717, 1.165) is 31.9 Å². The van der Waals surface area contributed by atoms with Gasteiger partial charge in [-0.15, -0.1) is 0 Å². The summed E-state index contributed by atoms with van der Waals surface area (Å²) in [7, 11) is 3.23. The molecule has 8 nitrogen and oxygen atoms in total. The second-order valence-corrected chi connectivity index (χ2v) is 6.97. The van der Waals surface area contributed by atoms with Crippen LogP contribution in [0, 0.1) is 0 Å². The molecule has 1 aliphatic heterocycles. The van der Waals surface area contributed by atoms with Crippen LogP contribution in [0.25, 0.3) is 0 Å². The minimum absolute atomic E-state index is 0.428. The third-order valence-electron chi connectivity index (χ3n) is 5.08. The molecule has 2 N–H and O–H groups in total. The fourth-order valence-electron chi connectivity index (χ4n) is 3.29. The number of nitrogens with one attached hydrogen (secondary N) is 2. The summed E-state index contributed by atoms with van der Waals surface area (Å²) in [6.45, 7) is 4.77. The van der Waals surface area contributed by atoms with Crippen molar-refractivity contribution in [3.05, 3.63) is 48.5 Å². The van der Waals surface area contributed by atoms with Gasteiger partial charge in [0.05, 0.1) is 14.2 Å². The normalized spacial score (nSPS) is 14.1. The van der Waals surface area contributed by atoms with Crippen LogP contribution in [-0.4, -0.2) is 70.2 Å². The van der Waals surface area contributed by atoms with Crippen molar-refractivity contribution in [2.75, 3.05) is 63.7 Å². The highest BCUT2D eigenvalue weighted by Gasteiger charge is 2.18. The fourth-order valence-corrected chi connectivity index (χ4v) is 3.29. The molecule has 2 aromatic rings. The smallest absolute Gasteiger partial charge is 0.313 e. The second-order valence-electron chi connectivity index (χ2n) is 6.97. The largest absolute Gasteiger partial charge is 0.497 e. The Hall–Kier alpha value is -3.26. The highest BCUT2D eigenvalue weighted by atomic mass is 16.5. The van der Waals surface area contributed by atoms with Crippen molar-refractivity contribution in [3.63, 3.8) is 0 Å². The lowest BCUT2D eigenvalue weighted by Crippen LogP contribution is -2.49. The average molecular weight is 412 g/mol. The van der Waals surface area contributed by atoms with Crippen molar-refractivity contribution >= 4 is 23.2 Å². The van der Waals surface area contributed by atoms with Crippen molar-refractivity contribution in [1.29, 1.82) is 0 Å². The molecular formula is C22H28N4O4. The average Bonchev–Trinajstić information content (AvgIpc) is 2.80. The number of hydrogen-bond acceptors (Lipinski definition) is 6. The molecular weight excluding hydrogens is 384 g/mol. The minimum atomic E-state index is -0.676. The first-order valence-electron chi connectivity index (χ1n) is 9.93. The minimum Gasteiger partial charge on any atom is -0.497 e.